The Morgan fingerprint density at radius 3 is 2.63 bits per heavy atom. The number of aliphatic hydroxyl groups is 1. The van der Waals surface area contributed by atoms with Crippen LogP contribution in [0.25, 0.3) is 0 Å². The van der Waals surface area contributed by atoms with Crippen LogP contribution >= 0.6 is 11.6 Å². The molecule has 1 fully saturated rings. The van der Waals surface area contributed by atoms with Gasteiger partial charge in [0.1, 0.15) is 11.5 Å². The summed E-state index contributed by atoms with van der Waals surface area (Å²) in [7, 11) is 0. The molecule has 0 spiro atoms. The van der Waals surface area contributed by atoms with Crippen LogP contribution in [0.5, 0.6) is 0 Å². The molecule has 1 saturated carbocycles. The number of nitrogens with zero attached hydrogens (tertiary/aromatic N) is 2. The van der Waals surface area contributed by atoms with Gasteiger partial charge in [-0.25, -0.2) is 4.98 Å². The SMILES string of the molecule is CCCCc1nc(Cl)c(C=O)n1Cc1ccc(C2CCCC2CC(=O)NC(CCO)c2ccccc2)cc1. The normalized spacial score (nSPS) is 17.9. The Balaban J connectivity index is 1.41. The molecule has 0 aliphatic heterocycles. The number of benzene rings is 2. The summed E-state index contributed by atoms with van der Waals surface area (Å²) in [4.78, 5) is 29.1. The molecule has 6 nitrogen and oxygen atoms in total. The summed E-state index contributed by atoms with van der Waals surface area (Å²) in [5.74, 6) is 1.52. The molecule has 0 bridgehead atoms. The largest absolute Gasteiger partial charge is 0.396 e. The van der Waals surface area contributed by atoms with Gasteiger partial charge < -0.3 is 15.0 Å². The number of halogens is 1. The fraction of sp³-hybridized carbons (Fsp3) is 0.452. The van der Waals surface area contributed by atoms with Gasteiger partial charge in [0.25, 0.3) is 0 Å². The Kier molecular flexibility index (Phi) is 10.1. The molecule has 0 radical (unpaired) electrons. The molecule has 2 N–H and O–H groups in total. The van der Waals surface area contributed by atoms with Gasteiger partial charge in [0.2, 0.25) is 5.91 Å². The number of rotatable bonds is 13. The zero-order chi connectivity index (χ0) is 26.9. The smallest absolute Gasteiger partial charge is 0.220 e. The summed E-state index contributed by atoms with van der Waals surface area (Å²) < 4.78 is 1.93. The van der Waals surface area contributed by atoms with E-state index in [-0.39, 0.29) is 23.7 Å². The van der Waals surface area contributed by atoms with Gasteiger partial charge in [0.05, 0.1) is 6.04 Å². The molecular weight excluding hydrogens is 498 g/mol. The standard InChI is InChI=1S/C31H38ClN3O3/c1-2-3-12-29-34-31(32)28(21-37)35(29)20-22-13-15-23(16-14-22)26-11-7-10-25(26)19-30(38)33-27(17-18-36)24-8-5-4-6-9-24/h4-6,8-9,13-16,21,25-27,36H,2-3,7,10-12,17-20H2,1H3,(H,33,38). The molecule has 7 heteroatoms. The molecule has 1 heterocycles. The van der Waals surface area contributed by atoms with E-state index in [0.717, 1.165) is 61.8 Å². The van der Waals surface area contributed by atoms with E-state index in [9.17, 15) is 14.7 Å². The third-order valence-corrected chi connectivity index (χ3v) is 7.99. The van der Waals surface area contributed by atoms with Gasteiger partial charge >= 0.3 is 0 Å². The Labute approximate surface area is 230 Å². The molecule has 38 heavy (non-hydrogen) atoms. The van der Waals surface area contributed by atoms with E-state index in [1.807, 2.05) is 34.9 Å². The van der Waals surface area contributed by atoms with Gasteiger partial charge in [0.15, 0.2) is 11.4 Å². The molecule has 0 saturated heterocycles. The molecule has 1 amide bonds. The molecule has 3 aromatic rings. The van der Waals surface area contributed by atoms with E-state index in [2.05, 4.69) is 41.5 Å². The zero-order valence-corrected chi connectivity index (χ0v) is 22.9. The van der Waals surface area contributed by atoms with Crippen molar-refractivity contribution in [3.63, 3.8) is 0 Å². The summed E-state index contributed by atoms with van der Waals surface area (Å²) in [5, 5.41) is 12.9. The van der Waals surface area contributed by atoms with Gasteiger partial charge in [-0.1, -0.05) is 86.0 Å². The number of amides is 1. The van der Waals surface area contributed by atoms with Crippen LogP contribution in [0.3, 0.4) is 0 Å². The highest BCUT2D eigenvalue weighted by Crippen LogP contribution is 2.41. The summed E-state index contributed by atoms with van der Waals surface area (Å²) in [5.41, 5.74) is 3.79. The highest BCUT2D eigenvalue weighted by atomic mass is 35.5. The first-order valence-electron chi connectivity index (χ1n) is 13.8. The maximum atomic E-state index is 13.0. The van der Waals surface area contributed by atoms with E-state index in [0.29, 0.717) is 36.9 Å². The van der Waals surface area contributed by atoms with Crippen molar-refractivity contribution in [2.24, 2.45) is 5.92 Å². The van der Waals surface area contributed by atoms with Crippen molar-refractivity contribution in [3.8, 4) is 0 Å². The van der Waals surface area contributed by atoms with Crippen molar-refractivity contribution in [1.82, 2.24) is 14.9 Å². The monoisotopic (exact) mass is 535 g/mol. The lowest BCUT2D eigenvalue weighted by Crippen LogP contribution is -2.31. The number of nitrogens with one attached hydrogen (secondary N) is 1. The molecule has 2 aromatic carbocycles. The zero-order valence-electron chi connectivity index (χ0n) is 22.1. The van der Waals surface area contributed by atoms with Crippen LogP contribution in [0.2, 0.25) is 5.15 Å². The number of aliphatic hydroxyl groups excluding tert-OH is 1. The van der Waals surface area contributed by atoms with Crippen molar-refractivity contribution in [3.05, 3.63) is 88.0 Å². The van der Waals surface area contributed by atoms with Crippen molar-refractivity contribution >= 4 is 23.8 Å². The number of imidazole rings is 1. The lowest BCUT2D eigenvalue weighted by Gasteiger charge is -2.23. The van der Waals surface area contributed by atoms with Crippen LogP contribution in [-0.4, -0.2) is 33.5 Å². The molecule has 202 valence electrons. The lowest BCUT2D eigenvalue weighted by molar-refractivity contribution is -0.123. The maximum Gasteiger partial charge on any atom is 0.220 e. The van der Waals surface area contributed by atoms with Gasteiger partial charge in [-0.2, -0.15) is 0 Å². The Morgan fingerprint density at radius 2 is 1.95 bits per heavy atom. The number of hydrogen-bond acceptors (Lipinski definition) is 4. The molecule has 1 aliphatic carbocycles. The summed E-state index contributed by atoms with van der Waals surface area (Å²) in [6, 6.07) is 18.2. The van der Waals surface area contributed by atoms with Crippen LogP contribution in [0.1, 0.15) is 96.8 Å². The predicted molar refractivity (Wildman–Crippen MR) is 151 cm³/mol. The maximum absolute atomic E-state index is 13.0. The molecular formula is C31H38ClN3O3. The van der Waals surface area contributed by atoms with E-state index in [1.165, 1.54) is 5.56 Å². The van der Waals surface area contributed by atoms with Gasteiger partial charge in [-0.05, 0) is 54.2 Å². The lowest BCUT2D eigenvalue weighted by atomic mass is 9.86. The first kappa shape index (κ1) is 28.1. The molecule has 3 atom stereocenters. The molecule has 1 aromatic heterocycles. The topological polar surface area (TPSA) is 84.2 Å². The van der Waals surface area contributed by atoms with Gasteiger partial charge in [-0.3, -0.25) is 9.59 Å². The predicted octanol–water partition coefficient (Wildman–Crippen LogP) is 6.25. The second kappa shape index (κ2) is 13.7. The van der Waals surface area contributed by atoms with E-state index < -0.39 is 0 Å². The minimum atomic E-state index is -0.178. The number of hydrogen-bond donors (Lipinski definition) is 2. The van der Waals surface area contributed by atoms with E-state index in [1.54, 1.807) is 0 Å². The first-order valence-corrected chi connectivity index (χ1v) is 14.2. The highest BCUT2D eigenvalue weighted by Gasteiger charge is 2.31. The van der Waals surface area contributed by atoms with Crippen LogP contribution in [-0.2, 0) is 17.8 Å². The quantitative estimate of drug-likeness (QED) is 0.253. The van der Waals surface area contributed by atoms with Crippen molar-refractivity contribution in [1.29, 1.82) is 0 Å². The number of aryl methyl sites for hydroxylation is 1. The Morgan fingerprint density at radius 1 is 1.18 bits per heavy atom. The van der Waals surface area contributed by atoms with Crippen LogP contribution < -0.4 is 5.32 Å². The second-order valence-corrected chi connectivity index (χ2v) is 10.7. The third-order valence-electron chi connectivity index (χ3n) is 7.72. The average Bonchev–Trinajstić information content (AvgIpc) is 3.51. The fourth-order valence-corrected chi connectivity index (χ4v) is 5.94. The minimum Gasteiger partial charge on any atom is -0.396 e. The Bertz CT molecular complexity index is 1190. The Hall–Kier alpha value is -2.96. The number of carbonyl (C=O) groups excluding carboxylic acids is 2. The van der Waals surface area contributed by atoms with Crippen LogP contribution in [0, 0.1) is 5.92 Å². The number of carbonyl (C=O) groups is 2. The van der Waals surface area contributed by atoms with Crippen molar-refractivity contribution in [2.45, 2.75) is 76.8 Å². The number of aldehydes is 1. The summed E-state index contributed by atoms with van der Waals surface area (Å²) in [6.45, 7) is 2.71. The first-order chi connectivity index (χ1) is 18.5. The van der Waals surface area contributed by atoms with E-state index in [4.69, 9.17) is 11.6 Å². The van der Waals surface area contributed by atoms with Gasteiger partial charge in [0, 0.05) is 26.0 Å². The summed E-state index contributed by atoms with van der Waals surface area (Å²) in [6.07, 6.45) is 7.82. The minimum absolute atomic E-state index is 0.0258. The second-order valence-electron chi connectivity index (χ2n) is 10.3. The van der Waals surface area contributed by atoms with Crippen LogP contribution in [0.4, 0.5) is 0 Å². The molecule has 4 rings (SSSR count). The van der Waals surface area contributed by atoms with Crippen molar-refractivity contribution in [2.75, 3.05) is 6.61 Å². The third kappa shape index (κ3) is 6.91. The van der Waals surface area contributed by atoms with Crippen molar-refractivity contribution < 1.29 is 14.7 Å². The number of unbranched alkanes of at least 4 members (excludes halogenated alkanes) is 1. The number of aromatic nitrogens is 2. The van der Waals surface area contributed by atoms with Crippen LogP contribution in [0.15, 0.2) is 54.6 Å². The average molecular weight is 536 g/mol. The van der Waals surface area contributed by atoms with E-state index >= 15 is 0 Å². The highest BCUT2D eigenvalue weighted by molar-refractivity contribution is 6.31. The van der Waals surface area contributed by atoms with Gasteiger partial charge in [-0.15, -0.1) is 0 Å². The fourth-order valence-electron chi connectivity index (χ4n) is 5.70. The summed E-state index contributed by atoms with van der Waals surface area (Å²) >= 11 is 6.24. The molecule has 1 aliphatic rings. The molecule has 3 unspecified atom stereocenters.